The molecule has 2 aromatic carbocycles. The van der Waals surface area contributed by atoms with Crippen molar-refractivity contribution in [2.45, 2.75) is 19.0 Å². The van der Waals surface area contributed by atoms with Gasteiger partial charge in [-0.3, -0.25) is 19.4 Å². The van der Waals surface area contributed by atoms with Crippen molar-refractivity contribution in [2.75, 3.05) is 16.8 Å². The van der Waals surface area contributed by atoms with Crippen molar-refractivity contribution in [3.63, 3.8) is 0 Å². The molecule has 0 radical (unpaired) electrons. The number of fused-ring (bicyclic) bond motifs is 1. The van der Waals surface area contributed by atoms with Gasteiger partial charge >= 0.3 is 0 Å². The third-order valence-corrected chi connectivity index (χ3v) is 4.78. The number of halogens is 3. The van der Waals surface area contributed by atoms with Crippen LogP contribution in [0.25, 0.3) is 0 Å². The van der Waals surface area contributed by atoms with Crippen LogP contribution >= 0.6 is 0 Å². The first kappa shape index (κ1) is 19.6. The number of carbonyl (C=O) groups excluding carboxylic acids is 3. The van der Waals surface area contributed by atoms with E-state index in [1.165, 1.54) is 12.1 Å². The van der Waals surface area contributed by atoms with Crippen molar-refractivity contribution in [3.05, 3.63) is 59.4 Å². The van der Waals surface area contributed by atoms with Crippen LogP contribution in [0.5, 0.6) is 0 Å². The van der Waals surface area contributed by atoms with Crippen LogP contribution in [-0.2, 0) is 14.4 Å². The Bertz CT molecular complexity index is 1110. The largest absolute Gasteiger partial charge is 0.324 e. The van der Waals surface area contributed by atoms with Crippen molar-refractivity contribution >= 4 is 29.1 Å². The molecule has 0 bridgehead atoms. The summed E-state index contributed by atoms with van der Waals surface area (Å²) in [6.07, 6.45) is 0. The van der Waals surface area contributed by atoms with Crippen molar-refractivity contribution in [1.29, 1.82) is 0 Å². The fourth-order valence-electron chi connectivity index (χ4n) is 3.25. The second-order valence-electron chi connectivity index (χ2n) is 6.81. The highest BCUT2D eigenvalue weighted by molar-refractivity contribution is 6.25. The Morgan fingerprint density at radius 1 is 1.03 bits per heavy atom. The van der Waals surface area contributed by atoms with E-state index in [-0.39, 0.29) is 11.4 Å². The van der Waals surface area contributed by atoms with E-state index in [0.29, 0.717) is 10.5 Å². The summed E-state index contributed by atoms with van der Waals surface area (Å²) in [4.78, 5) is 38.3. The number of aryl methyl sites for hydroxylation is 1. The van der Waals surface area contributed by atoms with E-state index in [4.69, 9.17) is 0 Å². The predicted molar refractivity (Wildman–Crippen MR) is 97.8 cm³/mol. The molecule has 2 heterocycles. The quantitative estimate of drug-likeness (QED) is 0.773. The number of benzene rings is 2. The summed E-state index contributed by atoms with van der Waals surface area (Å²) in [6, 6.07) is 4.39. The van der Waals surface area contributed by atoms with Gasteiger partial charge in [0.1, 0.15) is 12.4 Å². The maximum atomic E-state index is 13.6. The van der Waals surface area contributed by atoms with E-state index in [0.717, 1.165) is 29.3 Å². The van der Waals surface area contributed by atoms with Crippen LogP contribution < -0.4 is 10.2 Å². The molecule has 11 heteroatoms. The molecule has 0 aromatic heterocycles. The number of nitrogens with zero attached hydrogens (tertiary/aromatic N) is 4. The summed E-state index contributed by atoms with van der Waals surface area (Å²) in [5.74, 6) is -4.97. The molecule has 0 aliphatic carbocycles. The average Bonchev–Trinajstić information content (AvgIpc) is 3.21. The monoisotopic (exact) mass is 417 g/mol. The molecule has 0 unspecified atom stereocenters. The summed E-state index contributed by atoms with van der Waals surface area (Å²) in [5, 5.41) is 11.0. The van der Waals surface area contributed by atoms with Gasteiger partial charge in [-0.25, -0.2) is 18.1 Å². The van der Waals surface area contributed by atoms with E-state index < -0.39 is 53.8 Å². The summed E-state index contributed by atoms with van der Waals surface area (Å²) < 4.78 is 40.3. The van der Waals surface area contributed by atoms with Gasteiger partial charge in [0, 0.05) is 11.8 Å². The molecule has 1 N–H and O–H groups in total. The topological polar surface area (TPSA) is 94.4 Å². The van der Waals surface area contributed by atoms with Crippen molar-refractivity contribution in [2.24, 2.45) is 10.3 Å². The van der Waals surface area contributed by atoms with Gasteiger partial charge in [0.15, 0.2) is 23.7 Å². The SMILES string of the molecule is Cc1ccc(NC(=O)CN2N=N[C@@H]3C(=O)N(c4ccc(F)c(F)c4)C(=O)[C@H]32)cc1F. The molecule has 1 saturated heterocycles. The number of imide groups is 1. The minimum atomic E-state index is -1.21. The summed E-state index contributed by atoms with van der Waals surface area (Å²) >= 11 is 0. The minimum Gasteiger partial charge on any atom is -0.324 e. The Morgan fingerprint density at radius 2 is 1.80 bits per heavy atom. The van der Waals surface area contributed by atoms with Crippen LogP contribution in [0, 0.1) is 24.4 Å². The third-order valence-electron chi connectivity index (χ3n) is 4.78. The summed E-state index contributed by atoms with van der Waals surface area (Å²) in [7, 11) is 0. The molecule has 0 saturated carbocycles. The van der Waals surface area contributed by atoms with E-state index >= 15 is 0 Å². The third kappa shape index (κ3) is 3.27. The molecular formula is C19H14F3N5O3. The van der Waals surface area contributed by atoms with Gasteiger partial charge in [-0.1, -0.05) is 11.3 Å². The zero-order valence-corrected chi connectivity index (χ0v) is 15.5. The Labute approximate surface area is 167 Å². The Morgan fingerprint density at radius 3 is 2.50 bits per heavy atom. The van der Waals surface area contributed by atoms with Crippen LogP contribution in [0.15, 0.2) is 46.7 Å². The smallest absolute Gasteiger partial charge is 0.263 e. The van der Waals surface area contributed by atoms with Crippen LogP contribution in [0.4, 0.5) is 24.5 Å². The standard InChI is InChI=1S/C19H14F3N5O3/c1-9-2-3-10(6-13(9)21)23-15(28)8-26-17-16(24-25-26)18(29)27(19(17)30)11-4-5-12(20)14(22)7-11/h2-7,16-17H,8H2,1H3,(H,23,28)/t16-,17-/m0/s1. The maximum Gasteiger partial charge on any atom is 0.263 e. The van der Waals surface area contributed by atoms with Crippen LogP contribution in [0.3, 0.4) is 0 Å². The van der Waals surface area contributed by atoms with Crippen molar-refractivity contribution in [3.8, 4) is 0 Å². The first-order valence-electron chi connectivity index (χ1n) is 8.82. The second-order valence-corrected chi connectivity index (χ2v) is 6.81. The lowest BCUT2D eigenvalue weighted by molar-refractivity contribution is -0.123. The van der Waals surface area contributed by atoms with Crippen molar-refractivity contribution < 1.29 is 27.6 Å². The molecule has 2 aliphatic rings. The number of hydrogen-bond acceptors (Lipinski definition) is 6. The van der Waals surface area contributed by atoms with E-state index in [2.05, 4.69) is 15.7 Å². The Kier molecular flexibility index (Phi) is 4.72. The highest BCUT2D eigenvalue weighted by Gasteiger charge is 2.55. The normalized spacial score (nSPS) is 20.1. The van der Waals surface area contributed by atoms with Gasteiger partial charge in [0.2, 0.25) is 5.91 Å². The first-order chi connectivity index (χ1) is 14.3. The Balaban J connectivity index is 1.49. The molecule has 3 amide bonds. The Hall–Kier alpha value is -3.76. The van der Waals surface area contributed by atoms with Crippen LogP contribution in [0.2, 0.25) is 0 Å². The minimum absolute atomic E-state index is 0.145. The first-order valence-corrected chi connectivity index (χ1v) is 8.82. The number of amides is 3. The lowest BCUT2D eigenvalue weighted by atomic mass is 10.1. The number of anilines is 2. The van der Waals surface area contributed by atoms with Gasteiger partial charge < -0.3 is 5.32 Å². The van der Waals surface area contributed by atoms with Crippen molar-refractivity contribution in [1.82, 2.24) is 5.01 Å². The molecule has 2 aromatic rings. The zero-order chi connectivity index (χ0) is 21.6. The van der Waals surface area contributed by atoms with Gasteiger partial charge in [-0.15, -0.1) is 0 Å². The molecule has 8 nitrogen and oxygen atoms in total. The van der Waals surface area contributed by atoms with Gasteiger partial charge in [-0.05, 0) is 36.8 Å². The van der Waals surface area contributed by atoms with E-state index in [9.17, 15) is 27.6 Å². The molecular weight excluding hydrogens is 403 g/mol. The molecule has 2 atom stereocenters. The van der Waals surface area contributed by atoms with Gasteiger partial charge in [-0.2, -0.15) is 5.11 Å². The van der Waals surface area contributed by atoms with Crippen LogP contribution in [-0.4, -0.2) is 41.4 Å². The van der Waals surface area contributed by atoms with Crippen LogP contribution in [0.1, 0.15) is 5.56 Å². The number of rotatable bonds is 4. The number of nitrogens with one attached hydrogen (secondary N) is 1. The molecule has 0 spiro atoms. The van der Waals surface area contributed by atoms with E-state index in [1.807, 2.05) is 0 Å². The maximum absolute atomic E-state index is 13.6. The fourth-order valence-corrected chi connectivity index (χ4v) is 3.25. The second kappa shape index (κ2) is 7.25. The highest BCUT2D eigenvalue weighted by Crippen LogP contribution is 2.32. The lowest BCUT2D eigenvalue weighted by Crippen LogP contribution is -2.43. The van der Waals surface area contributed by atoms with Gasteiger partial charge in [0.05, 0.1) is 5.69 Å². The molecule has 2 aliphatic heterocycles. The summed E-state index contributed by atoms with van der Waals surface area (Å²) in [6.45, 7) is 1.15. The zero-order valence-electron chi connectivity index (χ0n) is 15.5. The lowest BCUT2D eigenvalue weighted by Gasteiger charge is -2.20. The number of hydrogen-bond donors (Lipinski definition) is 1. The highest BCUT2D eigenvalue weighted by atomic mass is 19.2. The molecule has 30 heavy (non-hydrogen) atoms. The fraction of sp³-hybridized carbons (Fsp3) is 0.211. The molecule has 1 fully saturated rings. The van der Waals surface area contributed by atoms with Gasteiger partial charge in [0.25, 0.3) is 11.8 Å². The predicted octanol–water partition coefficient (Wildman–Crippen LogP) is 2.34. The molecule has 154 valence electrons. The van der Waals surface area contributed by atoms with E-state index in [1.54, 1.807) is 6.92 Å². The number of carbonyl (C=O) groups is 3. The molecule has 4 rings (SSSR count). The summed E-state index contributed by atoms with van der Waals surface area (Å²) in [5.41, 5.74) is 0.484. The average molecular weight is 417 g/mol.